The van der Waals surface area contributed by atoms with Gasteiger partial charge in [-0.3, -0.25) is 4.72 Å². The first-order valence-corrected chi connectivity index (χ1v) is 8.27. The Morgan fingerprint density at radius 3 is 2.52 bits per heavy atom. The zero-order chi connectivity index (χ0) is 17.2. The number of ether oxygens (including phenoxy) is 1. The SMILES string of the molecule is COC(=O)c1ccc(S(=O)(=O)Nc2cc(F)ccc2C)c(Cl)c1. The molecule has 0 fully saturated rings. The van der Waals surface area contributed by atoms with Gasteiger partial charge in [0.15, 0.2) is 0 Å². The normalized spacial score (nSPS) is 11.1. The lowest BCUT2D eigenvalue weighted by Gasteiger charge is -2.12. The molecule has 0 saturated carbocycles. The molecule has 8 heteroatoms. The van der Waals surface area contributed by atoms with Crippen molar-refractivity contribution in [3.63, 3.8) is 0 Å². The first-order valence-electron chi connectivity index (χ1n) is 6.41. The fourth-order valence-corrected chi connectivity index (χ4v) is 3.53. The summed E-state index contributed by atoms with van der Waals surface area (Å²) in [5, 5.41) is -0.144. The predicted octanol–water partition coefficient (Wildman–Crippen LogP) is 3.37. The molecule has 1 N–H and O–H groups in total. The molecule has 2 rings (SSSR count). The lowest BCUT2D eigenvalue weighted by molar-refractivity contribution is 0.0600. The van der Waals surface area contributed by atoms with Crippen molar-refractivity contribution in [2.24, 2.45) is 0 Å². The van der Waals surface area contributed by atoms with Crippen LogP contribution in [0.1, 0.15) is 15.9 Å². The van der Waals surface area contributed by atoms with Gasteiger partial charge < -0.3 is 4.74 Å². The predicted molar refractivity (Wildman–Crippen MR) is 84.7 cm³/mol. The first-order chi connectivity index (χ1) is 10.7. The van der Waals surface area contributed by atoms with Gasteiger partial charge in [0.25, 0.3) is 10.0 Å². The summed E-state index contributed by atoms with van der Waals surface area (Å²) in [6.45, 7) is 1.64. The number of benzene rings is 2. The summed E-state index contributed by atoms with van der Waals surface area (Å²) in [4.78, 5) is 11.2. The van der Waals surface area contributed by atoms with Crippen molar-refractivity contribution in [3.8, 4) is 0 Å². The molecular formula is C15H13ClFNO4S. The van der Waals surface area contributed by atoms with E-state index in [0.29, 0.717) is 5.56 Å². The minimum Gasteiger partial charge on any atom is -0.465 e. The van der Waals surface area contributed by atoms with Crippen LogP contribution in [0.3, 0.4) is 0 Å². The van der Waals surface area contributed by atoms with E-state index in [0.717, 1.165) is 6.07 Å². The number of aryl methyl sites for hydroxylation is 1. The lowest BCUT2D eigenvalue weighted by Crippen LogP contribution is -2.15. The number of halogens is 2. The van der Waals surface area contributed by atoms with Gasteiger partial charge in [-0.05, 0) is 42.8 Å². The Morgan fingerprint density at radius 1 is 1.22 bits per heavy atom. The molecule has 0 amide bonds. The Morgan fingerprint density at radius 2 is 1.91 bits per heavy atom. The lowest BCUT2D eigenvalue weighted by atomic mass is 10.2. The van der Waals surface area contributed by atoms with Crippen LogP contribution in [0.5, 0.6) is 0 Å². The van der Waals surface area contributed by atoms with Gasteiger partial charge in [0.2, 0.25) is 0 Å². The number of anilines is 1. The van der Waals surface area contributed by atoms with Gasteiger partial charge in [-0.1, -0.05) is 17.7 Å². The van der Waals surface area contributed by atoms with E-state index in [1.165, 1.54) is 37.4 Å². The van der Waals surface area contributed by atoms with Gasteiger partial charge in [0.1, 0.15) is 10.7 Å². The quantitative estimate of drug-likeness (QED) is 0.851. The highest BCUT2D eigenvalue weighted by Gasteiger charge is 2.20. The summed E-state index contributed by atoms with van der Waals surface area (Å²) in [5.74, 6) is -1.20. The third-order valence-corrected chi connectivity index (χ3v) is 4.93. The summed E-state index contributed by atoms with van der Waals surface area (Å²) in [7, 11) is -2.83. The Balaban J connectivity index is 2.40. The first kappa shape index (κ1) is 17.2. The molecule has 0 heterocycles. The molecule has 0 spiro atoms. The van der Waals surface area contributed by atoms with Crippen molar-refractivity contribution in [3.05, 3.63) is 58.4 Å². The molecule has 0 bridgehead atoms. The van der Waals surface area contributed by atoms with E-state index in [-0.39, 0.29) is 21.2 Å². The van der Waals surface area contributed by atoms with Gasteiger partial charge >= 0.3 is 5.97 Å². The van der Waals surface area contributed by atoms with Crippen molar-refractivity contribution < 1.29 is 22.3 Å². The molecule has 23 heavy (non-hydrogen) atoms. The highest BCUT2D eigenvalue weighted by molar-refractivity contribution is 7.92. The molecule has 0 aliphatic heterocycles. The van der Waals surface area contributed by atoms with Crippen molar-refractivity contribution in [2.75, 3.05) is 11.8 Å². The second-order valence-electron chi connectivity index (χ2n) is 4.70. The third kappa shape index (κ3) is 3.80. The van der Waals surface area contributed by atoms with Crippen molar-refractivity contribution >= 4 is 33.3 Å². The van der Waals surface area contributed by atoms with E-state index < -0.39 is 21.8 Å². The highest BCUT2D eigenvalue weighted by atomic mass is 35.5. The molecule has 0 saturated heterocycles. The Hall–Kier alpha value is -2.12. The maximum atomic E-state index is 13.3. The van der Waals surface area contributed by atoms with Crippen LogP contribution in [0.25, 0.3) is 0 Å². The number of carbonyl (C=O) groups excluding carboxylic acids is 1. The van der Waals surface area contributed by atoms with E-state index in [9.17, 15) is 17.6 Å². The van der Waals surface area contributed by atoms with Crippen molar-refractivity contribution in [2.45, 2.75) is 11.8 Å². The molecule has 0 aliphatic rings. The van der Waals surface area contributed by atoms with E-state index in [4.69, 9.17) is 11.6 Å². The number of nitrogens with one attached hydrogen (secondary N) is 1. The molecule has 0 radical (unpaired) electrons. The topological polar surface area (TPSA) is 72.5 Å². The van der Waals surface area contributed by atoms with Crippen LogP contribution in [0.2, 0.25) is 5.02 Å². The van der Waals surface area contributed by atoms with Crippen LogP contribution in [0, 0.1) is 12.7 Å². The third-order valence-electron chi connectivity index (χ3n) is 3.09. The highest BCUT2D eigenvalue weighted by Crippen LogP contribution is 2.26. The number of hydrogen-bond donors (Lipinski definition) is 1. The molecule has 0 aliphatic carbocycles. The maximum Gasteiger partial charge on any atom is 0.337 e. The Kier molecular flexibility index (Phi) is 4.91. The minimum atomic E-state index is -4.03. The summed E-state index contributed by atoms with van der Waals surface area (Å²) < 4.78 is 44.9. The molecule has 0 aromatic heterocycles. The molecule has 122 valence electrons. The number of hydrogen-bond acceptors (Lipinski definition) is 4. The number of sulfonamides is 1. The van der Waals surface area contributed by atoms with Crippen LogP contribution >= 0.6 is 11.6 Å². The second kappa shape index (κ2) is 6.55. The summed E-state index contributed by atoms with van der Waals surface area (Å²) in [6.07, 6.45) is 0. The fourth-order valence-electron chi connectivity index (χ4n) is 1.87. The van der Waals surface area contributed by atoms with Gasteiger partial charge in [0, 0.05) is 0 Å². The molecule has 0 atom stereocenters. The summed E-state index contributed by atoms with van der Waals surface area (Å²) in [5.41, 5.74) is 0.786. The van der Waals surface area contributed by atoms with E-state index in [2.05, 4.69) is 9.46 Å². The molecule has 2 aromatic carbocycles. The monoisotopic (exact) mass is 357 g/mol. The standard InChI is InChI=1S/C15H13ClFNO4S/c1-9-3-5-11(17)8-13(9)18-23(20,21)14-6-4-10(7-12(14)16)15(19)22-2/h3-8,18H,1-2H3. The maximum absolute atomic E-state index is 13.3. The minimum absolute atomic E-state index is 0.109. The zero-order valence-corrected chi connectivity index (χ0v) is 13.8. The summed E-state index contributed by atoms with van der Waals surface area (Å²) >= 11 is 5.95. The second-order valence-corrected chi connectivity index (χ2v) is 6.76. The van der Waals surface area contributed by atoms with Crippen LogP contribution < -0.4 is 4.72 Å². The average Bonchev–Trinajstić information content (AvgIpc) is 2.49. The largest absolute Gasteiger partial charge is 0.465 e. The van der Waals surface area contributed by atoms with Crippen LogP contribution in [0.15, 0.2) is 41.3 Å². The van der Waals surface area contributed by atoms with E-state index >= 15 is 0 Å². The zero-order valence-electron chi connectivity index (χ0n) is 12.3. The fraction of sp³-hybridized carbons (Fsp3) is 0.133. The van der Waals surface area contributed by atoms with Crippen molar-refractivity contribution in [1.29, 1.82) is 0 Å². The smallest absolute Gasteiger partial charge is 0.337 e. The number of carbonyl (C=O) groups is 1. The number of rotatable bonds is 4. The molecule has 2 aromatic rings. The summed E-state index contributed by atoms with van der Waals surface area (Å²) in [6, 6.07) is 7.42. The van der Waals surface area contributed by atoms with Gasteiger partial charge in [-0.15, -0.1) is 0 Å². The van der Waals surface area contributed by atoms with Crippen molar-refractivity contribution in [1.82, 2.24) is 0 Å². The van der Waals surface area contributed by atoms with Gasteiger partial charge in [0.05, 0.1) is 23.4 Å². The number of esters is 1. The number of methoxy groups -OCH3 is 1. The van der Waals surface area contributed by atoms with Gasteiger partial charge in [-0.2, -0.15) is 0 Å². The van der Waals surface area contributed by atoms with Crippen LogP contribution in [0.4, 0.5) is 10.1 Å². The Labute approximate surface area is 138 Å². The average molecular weight is 358 g/mol. The Bertz CT molecular complexity index is 868. The van der Waals surface area contributed by atoms with E-state index in [1.54, 1.807) is 6.92 Å². The molecule has 0 unspecified atom stereocenters. The van der Waals surface area contributed by atoms with Crippen LogP contribution in [-0.4, -0.2) is 21.5 Å². The van der Waals surface area contributed by atoms with Crippen LogP contribution in [-0.2, 0) is 14.8 Å². The molecular weight excluding hydrogens is 345 g/mol. The molecule has 5 nitrogen and oxygen atoms in total. The van der Waals surface area contributed by atoms with E-state index in [1.807, 2.05) is 0 Å². The van der Waals surface area contributed by atoms with Gasteiger partial charge in [-0.25, -0.2) is 17.6 Å².